The van der Waals surface area contributed by atoms with Crippen molar-refractivity contribution < 1.29 is 13.2 Å². The summed E-state index contributed by atoms with van der Waals surface area (Å²) in [6.07, 6.45) is -2.97. The maximum atomic E-state index is 12.2. The van der Waals surface area contributed by atoms with Crippen LogP contribution in [0.5, 0.6) is 0 Å². The first-order chi connectivity index (χ1) is 8.68. The molecule has 114 valence electrons. The van der Waals surface area contributed by atoms with Gasteiger partial charge in [-0.15, -0.1) is 0 Å². The Labute approximate surface area is 114 Å². The average Bonchev–Trinajstić information content (AvgIpc) is 2.30. The summed E-state index contributed by atoms with van der Waals surface area (Å²) in [4.78, 5) is 2.30. The first-order valence-electron chi connectivity index (χ1n) is 7.20. The Morgan fingerprint density at radius 3 is 2.26 bits per heavy atom. The van der Waals surface area contributed by atoms with Crippen molar-refractivity contribution in [1.29, 1.82) is 0 Å². The molecule has 0 aromatic heterocycles. The first kappa shape index (κ1) is 16.8. The Bertz CT molecular complexity index is 280. The number of halogens is 3. The Morgan fingerprint density at radius 2 is 1.79 bits per heavy atom. The molecule has 3 unspecified atom stereocenters. The molecule has 19 heavy (non-hydrogen) atoms. The van der Waals surface area contributed by atoms with Crippen LogP contribution in [0.4, 0.5) is 13.2 Å². The van der Waals surface area contributed by atoms with E-state index in [1.165, 1.54) is 0 Å². The van der Waals surface area contributed by atoms with Crippen LogP contribution in [0.25, 0.3) is 0 Å². The van der Waals surface area contributed by atoms with Crippen LogP contribution in [0.1, 0.15) is 46.5 Å². The lowest BCUT2D eigenvalue weighted by atomic mass is 9.83. The molecule has 1 fully saturated rings. The topological polar surface area (TPSA) is 29.3 Å². The molecule has 3 atom stereocenters. The quantitative estimate of drug-likeness (QED) is 0.836. The number of piperidine rings is 1. The second-order valence-electron chi connectivity index (χ2n) is 6.36. The van der Waals surface area contributed by atoms with Crippen LogP contribution < -0.4 is 5.73 Å². The molecule has 0 saturated carbocycles. The second-order valence-corrected chi connectivity index (χ2v) is 6.36. The summed E-state index contributed by atoms with van der Waals surface area (Å²) in [5.74, 6) is 1.27. The third-order valence-electron chi connectivity index (χ3n) is 4.71. The van der Waals surface area contributed by atoms with Crippen molar-refractivity contribution in [1.82, 2.24) is 4.90 Å². The molecule has 1 aliphatic heterocycles. The summed E-state index contributed by atoms with van der Waals surface area (Å²) in [5.41, 5.74) is 5.55. The molecule has 1 rings (SSSR count). The van der Waals surface area contributed by atoms with E-state index in [1.54, 1.807) is 0 Å². The maximum Gasteiger partial charge on any atom is 0.389 e. The average molecular weight is 280 g/mol. The van der Waals surface area contributed by atoms with Crippen LogP contribution in [0.15, 0.2) is 0 Å². The lowest BCUT2D eigenvalue weighted by Crippen LogP contribution is -2.56. The fourth-order valence-corrected chi connectivity index (χ4v) is 2.81. The Hall–Kier alpha value is -0.290. The molecule has 0 radical (unpaired) electrons. The van der Waals surface area contributed by atoms with E-state index >= 15 is 0 Å². The van der Waals surface area contributed by atoms with E-state index in [1.807, 2.05) is 6.92 Å². The molecule has 0 spiro atoms. The standard InChI is InChI=1S/C14H27F3N2/c1-11-5-8-19(9-12(11)2)13(3,10-18)6-4-7-14(15,16)17/h11-12H,4-10,18H2,1-3H3. The molecule has 1 heterocycles. The van der Waals surface area contributed by atoms with Gasteiger partial charge in [-0.25, -0.2) is 0 Å². The molecule has 5 heteroatoms. The van der Waals surface area contributed by atoms with Gasteiger partial charge in [-0.3, -0.25) is 4.90 Å². The molecule has 1 aliphatic rings. The minimum absolute atomic E-state index is 0.164. The van der Waals surface area contributed by atoms with Crippen molar-refractivity contribution in [3.8, 4) is 0 Å². The Kier molecular flexibility index (Phi) is 5.68. The third kappa shape index (κ3) is 4.95. The van der Waals surface area contributed by atoms with Crippen LogP contribution in [0.2, 0.25) is 0 Å². The summed E-state index contributed by atoms with van der Waals surface area (Å²) in [6, 6.07) is 0. The predicted octanol–water partition coefficient (Wildman–Crippen LogP) is 3.41. The molecule has 0 aliphatic carbocycles. The van der Waals surface area contributed by atoms with Gasteiger partial charge < -0.3 is 5.73 Å². The van der Waals surface area contributed by atoms with E-state index in [0.717, 1.165) is 19.5 Å². The highest BCUT2D eigenvalue weighted by molar-refractivity contribution is 4.91. The fraction of sp³-hybridized carbons (Fsp3) is 1.00. The molecular formula is C14H27F3N2. The van der Waals surface area contributed by atoms with Gasteiger partial charge in [0.05, 0.1) is 0 Å². The zero-order valence-electron chi connectivity index (χ0n) is 12.3. The molecule has 0 aromatic carbocycles. The smallest absolute Gasteiger partial charge is 0.329 e. The van der Waals surface area contributed by atoms with Gasteiger partial charge in [-0.1, -0.05) is 13.8 Å². The monoisotopic (exact) mass is 280 g/mol. The second kappa shape index (κ2) is 6.44. The summed E-state index contributed by atoms with van der Waals surface area (Å²) < 4.78 is 36.7. The predicted molar refractivity (Wildman–Crippen MR) is 71.9 cm³/mol. The van der Waals surface area contributed by atoms with Gasteiger partial charge in [0.25, 0.3) is 0 Å². The van der Waals surface area contributed by atoms with Crippen molar-refractivity contribution in [2.24, 2.45) is 17.6 Å². The number of hydrogen-bond donors (Lipinski definition) is 1. The van der Waals surface area contributed by atoms with Crippen molar-refractivity contribution in [3.05, 3.63) is 0 Å². The number of alkyl halides is 3. The van der Waals surface area contributed by atoms with E-state index in [-0.39, 0.29) is 12.0 Å². The number of hydrogen-bond acceptors (Lipinski definition) is 2. The highest BCUT2D eigenvalue weighted by Gasteiger charge is 2.36. The van der Waals surface area contributed by atoms with E-state index in [9.17, 15) is 13.2 Å². The van der Waals surface area contributed by atoms with Crippen molar-refractivity contribution >= 4 is 0 Å². The Morgan fingerprint density at radius 1 is 1.16 bits per heavy atom. The van der Waals surface area contributed by atoms with Gasteiger partial charge in [0, 0.05) is 25.0 Å². The molecule has 0 aromatic rings. The summed E-state index contributed by atoms with van der Waals surface area (Å²) in [6.45, 7) is 8.78. The van der Waals surface area contributed by atoms with Gasteiger partial charge in [0.1, 0.15) is 0 Å². The lowest BCUT2D eigenvalue weighted by Gasteiger charge is -2.46. The van der Waals surface area contributed by atoms with Gasteiger partial charge >= 0.3 is 6.18 Å². The van der Waals surface area contributed by atoms with E-state index in [2.05, 4.69) is 18.7 Å². The number of nitrogens with zero attached hydrogens (tertiary/aromatic N) is 1. The summed E-state index contributed by atoms with van der Waals surface area (Å²) in [5, 5.41) is 0. The number of likely N-dealkylation sites (tertiary alicyclic amines) is 1. The number of rotatable bonds is 5. The van der Waals surface area contributed by atoms with Crippen molar-refractivity contribution in [3.63, 3.8) is 0 Å². The third-order valence-corrected chi connectivity index (χ3v) is 4.71. The van der Waals surface area contributed by atoms with Gasteiger partial charge in [0.2, 0.25) is 0 Å². The van der Waals surface area contributed by atoms with E-state index in [0.29, 0.717) is 24.8 Å². The molecule has 2 N–H and O–H groups in total. The lowest BCUT2D eigenvalue weighted by molar-refractivity contribution is -0.137. The minimum atomic E-state index is -4.06. The van der Waals surface area contributed by atoms with E-state index < -0.39 is 12.6 Å². The van der Waals surface area contributed by atoms with Crippen LogP contribution in [-0.2, 0) is 0 Å². The largest absolute Gasteiger partial charge is 0.389 e. The zero-order chi connectivity index (χ0) is 14.7. The van der Waals surface area contributed by atoms with Crippen molar-refractivity contribution in [2.75, 3.05) is 19.6 Å². The molecule has 2 nitrogen and oxygen atoms in total. The van der Waals surface area contributed by atoms with Crippen LogP contribution >= 0.6 is 0 Å². The number of nitrogens with two attached hydrogens (primary N) is 1. The Balaban J connectivity index is 2.54. The normalized spacial score (nSPS) is 29.2. The highest BCUT2D eigenvalue weighted by Crippen LogP contribution is 2.32. The van der Waals surface area contributed by atoms with Crippen LogP contribution in [0, 0.1) is 11.8 Å². The molecule has 1 saturated heterocycles. The zero-order valence-corrected chi connectivity index (χ0v) is 12.3. The minimum Gasteiger partial charge on any atom is -0.329 e. The summed E-state index contributed by atoms with van der Waals surface area (Å²) in [7, 11) is 0. The van der Waals surface area contributed by atoms with E-state index in [4.69, 9.17) is 5.73 Å². The fourth-order valence-electron chi connectivity index (χ4n) is 2.81. The van der Waals surface area contributed by atoms with Crippen molar-refractivity contribution in [2.45, 2.75) is 58.2 Å². The van der Waals surface area contributed by atoms with Crippen LogP contribution in [-0.4, -0.2) is 36.2 Å². The SMILES string of the molecule is CC1CCN(C(C)(CN)CCCC(F)(F)F)CC1C. The highest BCUT2D eigenvalue weighted by atomic mass is 19.4. The molecule has 0 bridgehead atoms. The maximum absolute atomic E-state index is 12.2. The first-order valence-corrected chi connectivity index (χ1v) is 7.20. The van der Waals surface area contributed by atoms with Crippen LogP contribution in [0.3, 0.4) is 0 Å². The van der Waals surface area contributed by atoms with Gasteiger partial charge in [-0.2, -0.15) is 13.2 Å². The van der Waals surface area contributed by atoms with Gasteiger partial charge in [0.15, 0.2) is 0 Å². The summed E-state index contributed by atoms with van der Waals surface area (Å²) >= 11 is 0. The molecule has 0 amide bonds. The van der Waals surface area contributed by atoms with Gasteiger partial charge in [-0.05, 0) is 44.6 Å². The molecular weight excluding hydrogens is 253 g/mol.